The van der Waals surface area contributed by atoms with Gasteiger partial charge in [0.05, 0.1) is 17.7 Å². The third kappa shape index (κ3) is 2.34. The Morgan fingerprint density at radius 2 is 2.07 bits per heavy atom. The number of carboxylic acid groups (broad SMARTS) is 1. The Labute approximate surface area is 87.5 Å². The minimum absolute atomic E-state index is 0.0101. The Kier molecular flexibility index (Phi) is 3.44. The van der Waals surface area contributed by atoms with E-state index in [0.29, 0.717) is 5.56 Å². The van der Waals surface area contributed by atoms with Gasteiger partial charge in [-0.1, -0.05) is 12.1 Å². The van der Waals surface area contributed by atoms with E-state index in [1.165, 1.54) is 6.07 Å². The lowest BCUT2D eigenvalue weighted by Gasteiger charge is -2.07. The standard InChI is InChI=1S/C11H12O4/c1-3-15-11(14)8-6-4-5-7(2)9(8)10(12)13/h4-6H,3H2,1-2H3,(H,12,13). The first-order valence-electron chi connectivity index (χ1n) is 4.58. The van der Waals surface area contributed by atoms with Gasteiger partial charge in [-0.05, 0) is 25.5 Å². The lowest BCUT2D eigenvalue weighted by atomic mass is 10.0. The Bertz CT molecular complexity index is 396. The van der Waals surface area contributed by atoms with Crippen LogP contribution in [0, 0.1) is 6.92 Å². The maximum Gasteiger partial charge on any atom is 0.339 e. The van der Waals surface area contributed by atoms with Crippen molar-refractivity contribution in [3.05, 3.63) is 34.9 Å². The van der Waals surface area contributed by atoms with E-state index in [9.17, 15) is 9.59 Å². The number of aromatic carboxylic acids is 1. The normalized spacial score (nSPS) is 9.73. The largest absolute Gasteiger partial charge is 0.478 e. The number of aryl methyl sites for hydroxylation is 1. The van der Waals surface area contributed by atoms with Crippen molar-refractivity contribution in [2.24, 2.45) is 0 Å². The molecule has 0 aliphatic carbocycles. The zero-order valence-corrected chi connectivity index (χ0v) is 8.61. The molecule has 1 rings (SSSR count). The molecule has 0 bridgehead atoms. The second-order valence-electron chi connectivity index (χ2n) is 3.02. The van der Waals surface area contributed by atoms with E-state index in [0.717, 1.165) is 0 Å². The highest BCUT2D eigenvalue weighted by Crippen LogP contribution is 2.15. The zero-order valence-electron chi connectivity index (χ0n) is 8.61. The van der Waals surface area contributed by atoms with Gasteiger partial charge in [-0.2, -0.15) is 0 Å². The fourth-order valence-electron chi connectivity index (χ4n) is 1.33. The van der Waals surface area contributed by atoms with Crippen molar-refractivity contribution < 1.29 is 19.4 Å². The van der Waals surface area contributed by atoms with Crippen LogP contribution in [0.4, 0.5) is 0 Å². The second-order valence-corrected chi connectivity index (χ2v) is 3.02. The Morgan fingerprint density at radius 1 is 1.40 bits per heavy atom. The van der Waals surface area contributed by atoms with Crippen LogP contribution in [0.25, 0.3) is 0 Å². The number of benzene rings is 1. The number of carbonyl (C=O) groups is 2. The van der Waals surface area contributed by atoms with Crippen molar-refractivity contribution >= 4 is 11.9 Å². The first-order valence-corrected chi connectivity index (χ1v) is 4.58. The maximum absolute atomic E-state index is 11.4. The molecule has 0 aliphatic rings. The number of hydrogen-bond donors (Lipinski definition) is 1. The molecule has 1 aromatic rings. The van der Waals surface area contributed by atoms with Crippen molar-refractivity contribution in [2.45, 2.75) is 13.8 Å². The molecule has 4 heteroatoms. The highest BCUT2D eigenvalue weighted by molar-refractivity contribution is 6.03. The number of esters is 1. The smallest absolute Gasteiger partial charge is 0.339 e. The van der Waals surface area contributed by atoms with Crippen LogP contribution in [0.15, 0.2) is 18.2 Å². The van der Waals surface area contributed by atoms with Crippen LogP contribution >= 0.6 is 0 Å². The summed E-state index contributed by atoms with van der Waals surface area (Å²) < 4.78 is 4.77. The molecule has 0 aliphatic heterocycles. The summed E-state index contributed by atoms with van der Waals surface area (Å²) in [6, 6.07) is 4.73. The van der Waals surface area contributed by atoms with Crippen LogP contribution in [-0.4, -0.2) is 23.7 Å². The highest BCUT2D eigenvalue weighted by atomic mass is 16.5. The number of ether oxygens (including phenoxy) is 1. The van der Waals surface area contributed by atoms with Gasteiger partial charge in [0.25, 0.3) is 0 Å². The van der Waals surface area contributed by atoms with Gasteiger partial charge in [-0.15, -0.1) is 0 Å². The third-order valence-electron chi connectivity index (χ3n) is 1.98. The van der Waals surface area contributed by atoms with Crippen molar-refractivity contribution in [3.63, 3.8) is 0 Å². The molecule has 1 aromatic carbocycles. The van der Waals surface area contributed by atoms with Crippen molar-refractivity contribution in [1.29, 1.82) is 0 Å². The van der Waals surface area contributed by atoms with Crippen LogP contribution in [-0.2, 0) is 4.74 Å². The summed E-state index contributed by atoms with van der Waals surface area (Å²) in [4.78, 5) is 22.4. The minimum atomic E-state index is -1.11. The predicted octanol–water partition coefficient (Wildman–Crippen LogP) is 1.87. The van der Waals surface area contributed by atoms with Crippen molar-refractivity contribution in [2.75, 3.05) is 6.61 Å². The molecule has 0 unspecified atom stereocenters. The van der Waals surface area contributed by atoms with Gasteiger partial charge < -0.3 is 9.84 Å². The van der Waals surface area contributed by atoms with E-state index in [1.807, 2.05) is 0 Å². The quantitative estimate of drug-likeness (QED) is 0.770. The van der Waals surface area contributed by atoms with Crippen LogP contribution in [0.5, 0.6) is 0 Å². The SMILES string of the molecule is CCOC(=O)c1cccc(C)c1C(=O)O. The van der Waals surface area contributed by atoms with Crippen LogP contribution in [0.3, 0.4) is 0 Å². The minimum Gasteiger partial charge on any atom is -0.478 e. The first kappa shape index (κ1) is 11.2. The van der Waals surface area contributed by atoms with E-state index in [-0.39, 0.29) is 17.7 Å². The van der Waals surface area contributed by atoms with Gasteiger partial charge in [0.15, 0.2) is 0 Å². The zero-order chi connectivity index (χ0) is 11.4. The van der Waals surface area contributed by atoms with Crippen LogP contribution in [0.2, 0.25) is 0 Å². The summed E-state index contributed by atoms with van der Waals surface area (Å²) in [7, 11) is 0. The van der Waals surface area contributed by atoms with Crippen molar-refractivity contribution in [3.8, 4) is 0 Å². The van der Waals surface area contributed by atoms with E-state index in [1.54, 1.807) is 26.0 Å². The summed E-state index contributed by atoms with van der Waals surface area (Å²) >= 11 is 0. The fraction of sp³-hybridized carbons (Fsp3) is 0.273. The predicted molar refractivity (Wildman–Crippen MR) is 54.1 cm³/mol. The molecule has 0 radical (unpaired) electrons. The fourth-order valence-corrected chi connectivity index (χ4v) is 1.33. The van der Waals surface area contributed by atoms with Gasteiger partial charge in [0.1, 0.15) is 0 Å². The van der Waals surface area contributed by atoms with E-state index < -0.39 is 11.9 Å². The Balaban J connectivity index is 3.23. The van der Waals surface area contributed by atoms with Gasteiger partial charge in [-0.25, -0.2) is 9.59 Å². The first-order chi connectivity index (χ1) is 7.07. The van der Waals surface area contributed by atoms with Crippen molar-refractivity contribution in [1.82, 2.24) is 0 Å². The molecular weight excluding hydrogens is 196 g/mol. The Morgan fingerprint density at radius 3 is 2.60 bits per heavy atom. The number of carboxylic acids is 1. The third-order valence-corrected chi connectivity index (χ3v) is 1.98. The molecule has 0 saturated carbocycles. The van der Waals surface area contributed by atoms with Gasteiger partial charge in [0, 0.05) is 0 Å². The van der Waals surface area contributed by atoms with E-state index >= 15 is 0 Å². The molecule has 0 aromatic heterocycles. The summed E-state index contributed by atoms with van der Waals surface area (Å²) in [5, 5.41) is 8.96. The average molecular weight is 208 g/mol. The second kappa shape index (κ2) is 4.59. The summed E-state index contributed by atoms with van der Waals surface area (Å²) in [5.41, 5.74) is 0.661. The molecule has 80 valence electrons. The average Bonchev–Trinajstić information content (AvgIpc) is 2.17. The summed E-state index contributed by atoms with van der Waals surface area (Å²) in [6.07, 6.45) is 0. The topological polar surface area (TPSA) is 63.6 Å². The monoisotopic (exact) mass is 208 g/mol. The number of rotatable bonds is 3. The van der Waals surface area contributed by atoms with Gasteiger partial charge in [0.2, 0.25) is 0 Å². The van der Waals surface area contributed by atoms with E-state index in [4.69, 9.17) is 9.84 Å². The number of carbonyl (C=O) groups excluding carboxylic acids is 1. The molecular formula is C11H12O4. The van der Waals surface area contributed by atoms with Crippen LogP contribution < -0.4 is 0 Å². The Hall–Kier alpha value is -1.84. The van der Waals surface area contributed by atoms with E-state index in [2.05, 4.69) is 0 Å². The molecule has 1 N–H and O–H groups in total. The molecule has 0 spiro atoms. The van der Waals surface area contributed by atoms with Gasteiger partial charge >= 0.3 is 11.9 Å². The molecule has 4 nitrogen and oxygen atoms in total. The summed E-state index contributed by atoms with van der Waals surface area (Å²) in [5.74, 6) is -1.71. The highest BCUT2D eigenvalue weighted by Gasteiger charge is 2.18. The molecule has 0 amide bonds. The molecule has 0 fully saturated rings. The lowest BCUT2D eigenvalue weighted by molar-refractivity contribution is 0.0514. The van der Waals surface area contributed by atoms with Crippen LogP contribution in [0.1, 0.15) is 33.2 Å². The molecule has 0 saturated heterocycles. The molecule has 0 heterocycles. The molecule has 0 atom stereocenters. The molecule has 15 heavy (non-hydrogen) atoms. The van der Waals surface area contributed by atoms with Gasteiger partial charge in [-0.3, -0.25) is 0 Å². The maximum atomic E-state index is 11.4. The number of hydrogen-bond acceptors (Lipinski definition) is 3. The lowest BCUT2D eigenvalue weighted by Crippen LogP contribution is -2.12. The summed E-state index contributed by atoms with van der Waals surface area (Å²) in [6.45, 7) is 3.55.